The zero-order valence-corrected chi connectivity index (χ0v) is 16.6. The van der Waals surface area contributed by atoms with Crippen molar-refractivity contribution in [2.24, 2.45) is 13.0 Å². The van der Waals surface area contributed by atoms with Crippen molar-refractivity contribution in [3.8, 4) is 0 Å². The van der Waals surface area contributed by atoms with Gasteiger partial charge in [-0.1, -0.05) is 6.07 Å². The first kappa shape index (κ1) is 18.7. The summed E-state index contributed by atoms with van der Waals surface area (Å²) < 4.78 is 2.46. The first-order valence-corrected chi connectivity index (χ1v) is 9.88. The number of hydrogen-bond donors (Lipinski definition) is 2. The second-order valence-corrected chi connectivity index (χ2v) is 8.00. The maximum Gasteiger partial charge on any atom is 0.286 e. The molecular formula is C17H19BrN4O3S. The average Bonchev–Trinajstić information content (AvgIpc) is 3.28. The number of halogens is 1. The van der Waals surface area contributed by atoms with E-state index in [1.807, 2.05) is 17.5 Å². The fourth-order valence-corrected chi connectivity index (χ4v) is 4.15. The Morgan fingerprint density at radius 3 is 2.54 bits per heavy atom. The maximum absolute atomic E-state index is 12.3. The SMILES string of the molecule is Cn1cc(Br)cc1C(=O)NNC(=O)C1CCN(C(=O)c2cccs2)CC1. The molecule has 1 saturated heterocycles. The minimum Gasteiger partial charge on any atom is -0.345 e. The number of carbonyl (C=O) groups is 3. The van der Waals surface area contributed by atoms with Gasteiger partial charge in [-0.15, -0.1) is 11.3 Å². The molecule has 0 atom stereocenters. The average molecular weight is 439 g/mol. The molecule has 7 nitrogen and oxygen atoms in total. The molecule has 138 valence electrons. The molecule has 0 saturated carbocycles. The van der Waals surface area contributed by atoms with Crippen molar-refractivity contribution in [3.05, 3.63) is 44.8 Å². The molecule has 0 unspecified atom stereocenters. The van der Waals surface area contributed by atoms with Gasteiger partial charge in [-0.2, -0.15) is 0 Å². The van der Waals surface area contributed by atoms with Gasteiger partial charge in [0.05, 0.1) is 4.88 Å². The molecule has 1 aliphatic heterocycles. The van der Waals surface area contributed by atoms with Crippen LogP contribution in [0, 0.1) is 5.92 Å². The molecule has 3 heterocycles. The van der Waals surface area contributed by atoms with Crippen LogP contribution in [-0.4, -0.2) is 40.3 Å². The van der Waals surface area contributed by atoms with Crippen LogP contribution >= 0.6 is 27.3 Å². The van der Waals surface area contributed by atoms with Gasteiger partial charge in [-0.3, -0.25) is 25.2 Å². The van der Waals surface area contributed by atoms with Gasteiger partial charge in [0, 0.05) is 36.7 Å². The number of nitrogens with one attached hydrogen (secondary N) is 2. The number of rotatable bonds is 3. The summed E-state index contributed by atoms with van der Waals surface area (Å²) >= 11 is 4.73. The van der Waals surface area contributed by atoms with Crippen LogP contribution in [0.15, 0.2) is 34.2 Å². The molecule has 3 amide bonds. The minimum absolute atomic E-state index is 0.0152. The van der Waals surface area contributed by atoms with Crippen LogP contribution in [0.2, 0.25) is 0 Å². The molecule has 0 bridgehead atoms. The predicted octanol–water partition coefficient (Wildman–Crippen LogP) is 2.16. The smallest absolute Gasteiger partial charge is 0.286 e. The zero-order valence-electron chi connectivity index (χ0n) is 14.2. The fourth-order valence-electron chi connectivity index (χ4n) is 2.94. The number of hydrogen-bond acceptors (Lipinski definition) is 4. The van der Waals surface area contributed by atoms with Crippen LogP contribution in [-0.2, 0) is 11.8 Å². The fraction of sp³-hybridized carbons (Fsp3) is 0.353. The Balaban J connectivity index is 1.47. The van der Waals surface area contributed by atoms with Gasteiger partial charge in [-0.25, -0.2) is 0 Å². The predicted molar refractivity (Wildman–Crippen MR) is 102 cm³/mol. The van der Waals surface area contributed by atoms with Crippen molar-refractivity contribution in [3.63, 3.8) is 0 Å². The number of aromatic nitrogens is 1. The van der Waals surface area contributed by atoms with Crippen LogP contribution in [0.5, 0.6) is 0 Å². The summed E-state index contributed by atoms with van der Waals surface area (Å²) in [6, 6.07) is 5.34. The van der Waals surface area contributed by atoms with Crippen LogP contribution < -0.4 is 10.9 Å². The number of nitrogens with zero attached hydrogens (tertiary/aromatic N) is 2. The summed E-state index contributed by atoms with van der Waals surface area (Å²) in [7, 11) is 1.75. The molecule has 2 aromatic heterocycles. The van der Waals surface area contributed by atoms with Crippen molar-refractivity contribution in [1.82, 2.24) is 20.3 Å². The normalized spacial score (nSPS) is 14.9. The van der Waals surface area contributed by atoms with Gasteiger partial charge in [0.15, 0.2) is 0 Å². The summed E-state index contributed by atoms with van der Waals surface area (Å²) in [5.74, 6) is -0.809. The Labute approximate surface area is 163 Å². The van der Waals surface area contributed by atoms with Crippen molar-refractivity contribution in [1.29, 1.82) is 0 Å². The number of amides is 3. The summed E-state index contributed by atoms with van der Waals surface area (Å²) in [6.45, 7) is 1.07. The van der Waals surface area contributed by atoms with Crippen LogP contribution in [0.3, 0.4) is 0 Å². The highest BCUT2D eigenvalue weighted by molar-refractivity contribution is 9.10. The van der Waals surface area contributed by atoms with Gasteiger partial charge in [0.1, 0.15) is 5.69 Å². The molecule has 26 heavy (non-hydrogen) atoms. The molecule has 1 aliphatic rings. The number of carbonyl (C=O) groups excluding carboxylic acids is 3. The van der Waals surface area contributed by atoms with Crippen molar-refractivity contribution >= 4 is 45.0 Å². The third-order valence-electron chi connectivity index (χ3n) is 4.39. The van der Waals surface area contributed by atoms with Crippen LogP contribution in [0.1, 0.15) is 33.0 Å². The number of aryl methyl sites for hydroxylation is 1. The summed E-state index contributed by atoms with van der Waals surface area (Å²) in [5, 5.41) is 1.88. The number of piperidine rings is 1. The lowest BCUT2D eigenvalue weighted by Gasteiger charge is -2.31. The number of hydrazine groups is 1. The largest absolute Gasteiger partial charge is 0.345 e. The molecule has 1 fully saturated rings. The monoisotopic (exact) mass is 438 g/mol. The Morgan fingerprint density at radius 2 is 1.96 bits per heavy atom. The van der Waals surface area contributed by atoms with E-state index in [0.29, 0.717) is 36.5 Å². The second kappa shape index (κ2) is 8.05. The second-order valence-electron chi connectivity index (χ2n) is 6.14. The lowest BCUT2D eigenvalue weighted by atomic mass is 9.96. The van der Waals surface area contributed by atoms with E-state index < -0.39 is 0 Å². The lowest BCUT2D eigenvalue weighted by Crippen LogP contribution is -2.48. The third-order valence-corrected chi connectivity index (χ3v) is 5.68. The lowest BCUT2D eigenvalue weighted by molar-refractivity contribution is -0.127. The summed E-state index contributed by atoms with van der Waals surface area (Å²) in [4.78, 5) is 39.2. The Bertz CT molecular complexity index is 810. The summed E-state index contributed by atoms with van der Waals surface area (Å²) in [6.07, 6.45) is 2.92. The Hall–Kier alpha value is -2.13. The standard InChI is InChI=1S/C17H19BrN4O3S/c1-21-10-12(18)9-13(21)16(24)20-19-15(23)11-4-6-22(7-5-11)17(25)14-3-2-8-26-14/h2-3,8-11H,4-7H2,1H3,(H,19,23)(H,20,24). The van der Waals surface area contributed by atoms with Crippen molar-refractivity contribution in [2.45, 2.75) is 12.8 Å². The molecule has 2 N–H and O–H groups in total. The van der Waals surface area contributed by atoms with Gasteiger partial charge in [0.2, 0.25) is 5.91 Å². The summed E-state index contributed by atoms with van der Waals surface area (Å²) in [5.41, 5.74) is 5.38. The molecule has 2 aromatic rings. The Kier molecular flexibility index (Phi) is 5.77. The Morgan fingerprint density at radius 1 is 1.23 bits per heavy atom. The molecule has 0 radical (unpaired) electrons. The van der Waals surface area contributed by atoms with Crippen molar-refractivity contribution < 1.29 is 14.4 Å². The van der Waals surface area contributed by atoms with E-state index in [9.17, 15) is 14.4 Å². The third kappa shape index (κ3) is 4.16. The van der Waals surface area contributed by atoms with Crippen LogP contribution in [0.25, 0.3) is 0 Å². The van der Waals surface area contributed by atoms with E-state index >= 15 is 0 Å². The first-order valence-electron chi connectivity index (χ1n) is 8.20. The van der Waals surface area contributed by atoms with Gasteiger partial charge >= 0.3 is 0 Å². The van der Waals surface area contributed by atoms with E-state index in [1.54, 1.807) is 28.8 Å². The van der Waals surface area contributed by atoms with E-state index in [-0.39, 0.29) is 23.6 Å². The molecule has 0 spiro atoms. The van der Waals surface area contributed by atoms with E-state index in [2.05, 4.69) is 26.8 Å². The quantitative estimate of drug-likeness (QED) is 0.720. The van der Waals surface area contributed by atoms with Crippen LogP contribution in [0.4, 0.5) is 0 Å². The number of thiophene rings is 1. The molecule has 9 heteroatoms. The van der Waals surface area contributed by atoms with E-state index in [1.165, 1.54) is 11.3 Å². The highest BCUT2D eigenvalue weighted by Gasteiger charge is 2.28. The molecule has 3 rings (SSSR count). The van der Waals surface area contributed by atoms with Gasteiger partial charge in [-0.05, 0) is 46.3 Å². The first-order chi connectivity index (χ1) is 12.5. The highest BCUT2D eigenvalue weighted by Crippen LogP contribution is 2.21. The molecular weight excluding hydrogens is 420 g/mol. The highest BCUT2D eigenvalue weighted by atomic mass is 79.9. The van der Waals surface area contributed by atoms with Gasteiger partial charge in [0.25, 0.3) is 11.8 Å². The zero-order chi connectivity index (χ0) is 18.7. The molecule has 0 aliphatic carbocycles. The minimum atomic E-state index is -0.378. The van der Waals surface area contributed by atoms with Crippen molar-refractivity contribution in [2.75, 3.05) is 13.1 Å². The van der Waals surface area contributed by atoms with E-state index in [0.717, 1.165) is 4.47 Å². The topological polar surface area (TPSA) is 83.4 Å². The molecule has 0 aromatic carbocycles. The van der Waals surface area contributed by atoms with Gasteiger partial charge < -0.3 is 9.47 Å². The number of likely N-dealkylation sites (tertiary alicyclic amines) is 1. The van der Waals surface area contributed by atoms with E-state index in [4.69, 9.17) is 0 Å². The maximum atomic E-state index is 12.3.